The monoisotopic (exact) mass is 371 g/mol. The van der Waals surface area contributed by atoms with Crippen molar-refractivity contribution in [2.75, 3.05) is 50.8 Å². The van der Waals surface area contributed by atoms with Crippen LogP contribution in [0.15, 0.2) is 36.4 Å². The van der Waals surface area contributed by atoms with Gasteiger partial charge in [-0.25, -0.2) is 0 Å². The van der Waals surface area contributed by atoms with E-state index < -0.39 is 0 Å². The van der Waals surface area contributed by atoms with E-state index in [-0.39, 0.29) is 18.4 Å². The molecule has 6 nitrogen and oxygen atoms in total. The van der Waals surface area contributed by atoms with Crippen molar-refractivity contribution in [3.05, 3.63) is 41.3 Å². The highest BCUT2D eigenvalue weighted by atomic mass is 32.1. The molecular formula is C19H21N3O3S. The number of carbonyl (C=O) groups is 2. The van der Waals surface area contributed by atoms with Crippen molar-refractivity contribution in [1.82, 2.24) is 10.2 Å². The van der Waals surface area contributed by atoms with Gasteiger partial charge in [0.25, 0.3) is 5.91 Å². The first-order chi connectivity index (χ1) is 12.7. The van der Waals surface area contributed by atoms with Crippen molar-refractivity contribution >= 4 is 28.2 Å². The molecule has 1 aromatic carbocycles. The maximum absolute atomic E-state index is 12.9. The minimum atomic E-state index is -0.0992. The van der Waals surface area contributed by atoms with E-state index in [2.05, 4.69) is 22.3 Å². The Labute approximate surface area is 156 Å². The zero-order chi connectivity index (χ0) is 17.9. The number of morpholine rings is 1. The largest absolute Gasteiger partial charge is 0.378 e. The van der Waals surface area contributed by atoms with Crippen LogP contribution in [0.2, 0.25) is 0 Å². The number of thiophene rings is 1. The Bertz CT molecular complexity index is 800. The summed E-state index contributed by atoms with van der Waals surface area (Å²) in [6.45, 7) is 4.22. The van der Waals surface area contributed by atoms with E-state index in [9.17, 15) is 9.59 Å². The summed E-state index contributed by atoms with van der Waals surface area (Å²) in [7, 11) is 0. The molecule has 0 unspecified atom stereocenters. The van der Waals surface area contributed by atoms with Gasteiger partial charge in [0, 0.05) is 31.7 Å². The fourth-order valence-corrected chi connectivity index (χ4v) is 4.48. The van der Waals surface area contributed by atoms with Gasteiger partial charge in [-0.1, -0.05) is 30.3 Å². The highest BCUT2D eigenvalue weighted by molar-refractivity contribution is 7.18. The molecular weight excluding hydrogens is 350 g/mol. The van der Waals surface area contributed by atoms with E-state index in [0.29, 0.717) is 31.2 Å². The van der Waals surface area contributed by atoms with Crippen LogP contribution in [0.3, 0.4) is 0 Å². The zero-order valence-electron chi connectivity index (χ0n) is 14.4. The third kappa shape index (κ3) is 3.45. The van der Waals surface area contributed by atoms with Crippen LogP contribution in [0.4, 0.5) is 5.00 Å². The van der Waals surface area contributed by atoms with E-state index in [0.717, 1.165) is 29.2 Å². The molecule has 136 valence electrons. The second-order valence-corrected chi connectivity index (χ2v) is 7.40. The summed E-state index contributed by atoms with van der Waals surface area (Å²) in [4.78, 5) is 29.2. The molecule has 4 rings (SSSR count). The first-order valence-electron chi connectivity index (χ1n) is 8.80. The maximum atomic E-state index is 12.9. The molecule has 1 aromatic heterocycles. The predicted molar refractivity (Wildman–Crippen MR) is 102 cm³/mol. The summed E-state index contributed by atoms with van der Waals surface area (Å²) in [6, 6.07) is 12.1. The van der Waals surface area contributed by atoms with Crippen LogP contribution in [-0.4, -0.2) is 62.7 Å². The van der Waals surface area contributed by atoms with Gasteiger partial charge >= 0.3 is 0 Å². The lowest BCUT2D eigenvalue weighted by atomic mass is 10.1. The molecule has 0 atom stereocenters. The van der Waals surface area contributed by atoms with Crippen molar-refractivity contribution in [3.63, 3.8) is 0 Å². The Kier molecular flexibility index (Phi) is 4.90. The van der Waals surface area contributed by atoms with Crippen molar-refractivity contribution in [1.29, 1.82) is 0 Å². The Morgan fingerprint density at radius 3 is 2.62 bits per heavy atom. The summed E-state index contributed by atoms with van der Waals surface area (Å²) >= 11 is 1.51. The Morgan fingerprint density at radius 2 is 1.88 bits per heavy atom. The van der Waals surface area contributed by atoms with Crippen molar-refractivity contribution < 1.29 is 14.3 Å². The van der Waals surface area contributed by atoms with Crippen LogP contribution in [0.1, 0.15) is 9.67 Å². The van der Waals surface area contributed by atoms with E-state index in [4.69, 9.17) is 4.74 Å². The third-order valence-electron chi connectivity index (χ3n) is 4.63. The number of ether oxygens (including phenoxy) is 1. The molecule has 26 heavy (non-hydrogen) atoms. The van der Waals surface area contributed by atoms with Gasteiger partial charge < -0.3 is 19.9 Å². The lowest BCUT2D eigenvalue weighted by Crippen LogP contribution is -2.49. The SMILES string of the molecule is O=C1CN(C(=O)c2cc(-c3ccccc3)c(N3CCOCC3)s2)CCN1. The average Bonchev–Trinajstić information content (AvgIpc) is 3.14. The van der Waals surface area contributed by atoms with E-state index in [1.807, 2.05) is 24.3 Å². The summed E-state index contributed by atoms with van der Waals surface area (Å²) < 4.78 is 5.47. The van der Waals surface area contributed by atoms with Crippen LogP contribution in [0, 0.1) is 0 Å². The number of piperazine rings is 1. The van der Waals surface area contributed by atoms with Crippen LogP contribution in [0.5, 0.6) is 0 Å². The second-order valence-electron chi connectivity index (χ2n) is 6.37. The second kappa shape index (κ2) is 7.47. The highest BCUT2D eigenvalue weighted by Gasteiger charge is 2.27. The minimum absolute atomic E-state index is 0.0680. The van der Waals surface area contributed by atoms with Gasteiger partial charge in [0.05, 0.1) is 29.6 Å². The quantitative estimate of drug-likeness (QED) is 0.894. The smallest absolute Gasteiger partial charge is 0.264 e. The molecule has 0 saturated carbocycles. The van der Waals surface area contributed by atoms with E-state index in [1.54, 1.807) is 4.90 Å². The third-order valence-corrected chi connectivity index (χ3v) is 5.82. The predicted octanol–water partition coefficient (Wildman–Crippen LogP) is 1.82. The molecule has 2 aliphatic heterocycles. The number of amides is 2. The van der Waals surface area contributed by atoms with E-state index in [1.165, 1.54) is 11.3 Å². The van der Waals surface area contributed by atoms with Gasteiger partial charge in [-0.15, -0.1) is 11.3 Å². The van der Waals surface area contributed by atoms with Gasteiger partial charge in [-0.2, -0.15) is 0 Å². The summed E-state index contributed by atoms with van der Waals surface area (Å²) in [5, 5.41) is 3.86. The lowest BCUT2D eigenvalue weighted by molar-refractivity contribution is -0.123. The molecule has 0 spiro atoms. The lowest BCUT2D eigenvalue weighted by Gasteiger charge is -2.28. The number of hydrogen-bond donors (Lipinski definition) is 1. The number of carbonyl (C=O) groups excluding carboxylic acids is 2. The van der Waals surface area contributed by atoms with Gasteiger partial charge in [0.15, 0.2) is 0 Å². The molecule has 2 fully saturated rings. The molecule has 0 bridgehead atoms. The molecule has 2 amide bonds. The molecule has 2 saturated heterocycles. The summed E-state index contributed by atoms with van der Waals surface area (Å²) in [6.07, 6.45) is 0. The van der Waals surface area contributed by atoms with Crippen LogP contribution >= 0.6 is 11.3 Å². The van der Waals surface area contributed by atoms with Crippen molar-refractivity contribution in [2.24, 2.45) is 0 Å². The van der Waals surface area contributed by atoms with Crippen molar-refractivity contribution in [3.8, 4) is 11.1 Å². The molecule has 2 aromatic rings. The molecule has 0 aliphatic carbocycles. The summed E-state index contributed by atoms with van der Waals surface area (Å²) in [5.74, 6) is -0.167. The van der Waals surface area contributed by atoms with Crippen molar-refractivity contribution in [2.45, 2.75) is 0 Å². The number of nitrogens with zero attached hydrogens (tertiary/aromatic N) is 2. The molecule has 1 N–H and O–H groups in total. The van der Waals surface area contributed by atoms with Crippen LogP contribution in [0.25, 0.3) is 11.1 Å². The van der Waals surface area contributed by atoms with Gasteiger partial charge in [-0.05, 0) is 11.6 Å². The molecule has 0 radical (unpaired) electrons. The van der Waals surface area contributed by atoms with Gasteiger partial charge in [0.1, 0.15) is 0 Å². The molecule has 3 heterocycles. The maximum Gasteiger partial charge on any atom is 0.264 e. The average molecular weight is 371 g/mol. The van der Waals surface area contributed by atoms with Crippen LogP contribution < -0.4 is 10.2 Å². The summed E-state index contributed by atoms with van der Waals surface area (Å²) in [5.41, 5.74) is 2.17. The van der Waals surface area contributed by atoms with Crippen LogP contribution in [-0.2, 0) is 9.53 Å². The number of rotatable bonds is 3. The molecule has 2 aliphatic rings. The van der Waals surface area contributed by atoms with Gasteiger partial charge in [0.2, 0.25) is 5.91 Å². The Morgan fingerprint density at radius 1 is 1.12 bits per heavy atom. The normalized spacial score (nSPS) is 17.9. The topological polar surface area (TPSA) is 61.9 Å². The Balaban J connectivity index is 1.68. The fourth-order valence-electron chi connectivity index (χ4n) is 3.28. The molecule has 7 heteroatoms. The zero-order valence-corrected chi connectivity index (χ0v) is 15.3. The van der Waals surface area contributed by atoms with E-state index >= 15 is 0 Å². The Hall–Kier alpha value is -2.38. The minimum Gasteiger partial charge on any atom is -0.378 e. The number of anilines is 1. The first-order valence-corrected chi connectivity index (χ1v) is 9.62. The number of nitrogens with one attached hydrogen (secondary N) is 1. The standard InChI is InChI=1S/C19H21N3O3S/c23-17-13-22(7-6-20-17)18(24)16-12-15(14-4-2-1-3-5-14)19(26-16)21-8-10-25-11-9-21/h1-5,12H,6-11,13H2,(H,20,23). The number of hydrogen-bond acceptors (Lipinski definition) is 5. The first kappa shape index (κ1) is 17.1. The van der Waals surface area contributed by atoms with Gasteiger partial charge in [-0.3, -0.25) is 9.59 Å². The fraction of sp³-hybridized carbons (Fsp3) is 0.368. The highest BCUT2D eigenvalue weighted by Crippen LogP contribution is 2.39. The number of benzene rings is 1.